The molecule has 0 bridgehead atoms. The Bertz CT molecular complexity index is 313. The predicted molar refractivity (Wildman–Crippen MR) is 83.4 cm³/mol. The molecular formula is C17H32N2O. The molecule has 0 spiro atoms. The lowest BCUT2D eigenvalue weighted by Crippen LogP contribution is -2.45. The number of ether oxygens (including phenoxy) is 1. The number of nitrogens with one attached hydrogen (secondary N) is 1. The Morgan fingerprint density at radius 3 is 2.35 bits per heavy atom. The van der Waals surface area contributed by atoms with Crippen molar-refractivity contribution in [3.63, 3.8) is 0 Å². The van der Waals surface area contributed by atoms with E-state index in [1.54, 1.807) is 0 Å². The third-order valence-electron chi connectivity index (χ3n) is 4.16. The first kappa shape index (κ1) is 17.5. The van der Waals surface area contributed by atoms with Gasteiger partial charge in [0.1, 0.15) is 5.54 Å². The van der Waals surface area contributed by atoms with Crippen LogP contribution in [-0.4, -0.2) is 24.3 Å². The van der Waals surface area contributed by atoms with Gasteiger partial charge in [-0.25, -0.2) is 0 Å². The predicted octanol–water partition coefficient (Wildman–Crippen LogP) is 3.89. The van der Waals surface area contributed by atoms with E-state index >= 15 is 0 Å². The van der Waals surface area contributed by atoms with E-state index in [0.717, 1.165) is 31.3 Å². The summed E-state index contributed by atoms with van der Waals surface area (Å²) in [5, 5.41) is 12.6. The summed E-state index contributed by atoms with van der Waals surface area (Å²) in [6.45, 7) is 11.6. The van der Waals surface area contributed by atoms with Crippen molar-refractivity contribution in [2.45, 2.75) is 84.4 Å². The molecular weight excluding hydrogens is 248 g/mol. The van der Waals surface area contributed by atoms with Crippen molar-refractivity contribution in [1.82, 2.24) is 5.32 Å². The summed E-state index contributed by atoms with van der Waals surface area (Å²) in [4.78, 5) is 0. The van der Waals surface area contributed by atoms with Crippen LogP contribution in [0.5, 0.6) is 0 Å². The number of hydrogen-bond acceptors (Lipinski definition) is 3. The zero-order valence-corrected chi connectivity index (χ0v) is 13.9. The Hall–Kier alpha value is -0.590. The third kappa shape index (κ3) is 6.24. The molecule has 116 valence electrons. The highest BCUT2D eigenvalue weighted by molar-refractivity contribution is 5.04. The minimum Gasteiger partial charge on any atom is -0.378 e. The van der Waals surface area contributed by atoms with Gasteiger partial charge in [0.15, 0.2) is 0 Å². The van der Waals surface area contributed by atoms with E-state index in [1.165, 1.54) is 19.3 Å². The van der Waals surface area contributed by atoms with Crippen LogP contribution in [0.25, 0.3) is 0 Å². The Labute approximate surface area is 125 Å². The molecule has 3 atom stereocenters. The Morgan fingerprint density at radius 2 is 1.85 bits per heavy atom. The summed E-state index contributed by atoms with van der Waals surface area (Å²) in [6, 6.07) is 2.73. The van der Waals surface area contributed by atoms with Crippen LogP contribution in [0.15, 0.2) is 0 Å². The molecule has 20 heavy (non-hydrogen) atoms. The highest BCUT2D eigenvalue weighted by Gasteiger charge is 2.26. The number of nitriles is 1. The molecule has 0 saturated heterocycles. The van der Waals surface area contributed by atoms with Crippen LogP contribution in [0.2, 0.25) is 0 Å². The third-order valence-corrected chi connectivity index (χ3v) is 4.16. The van der Waals surface area contributed by atoms with Gasteiger partial charge < -0.3 is 4.74 Å². The fraction of sp³-hybridized carbons (Fsp3) is 0.941. The maximum absolute atomic E-state index is 9.30. The SMILES string of the molecule is CC1CC(C)CC(OCCCC(C)(C#N)NC(C)C)C1. The average Bonchev–Trinajstić information content (AvgIpc) is 2.33. The lowest BCUT2D eigenvalue weighted by molar-refractivity contribution is -0.00180. The molecule has 1 aliphatic carbocycles. The van der Waals surface area contributed by atoms with Crippen LogP contribution >= 0.6 is 0 Å². The zero-order chi connectivity index (χ0) is 15.2. The van der Waals surface area contributed by atoms with Crippen LogP contribution in [0.4, 0.5) is 0 Å². The fourth-order valence-electron chi connectivity index (χ4n) is 3.48. The van der Waals surface area contributed by atoms with Gasteiger partial charge in [-0.05, 0) is 64.7 Å². The van der Waals surface area contributed by atoms with Gasteiger partial charge in [0.05, 0.1) is 12.2 Å². The maximum Gasteiger partial charge on any atom is 0.104 e. The number of rotatable bonds is 7. The molecule has 0 aromatic carbocycles. The summed E-state index contributed by atoms with van der Waals surface area (Å²) in [6.07, 6.45) is 5.96. The van der Waals surface area contributed by atoms with Crippen molar-refractivity contribution in [3.8, 4) is 6.07 Å². The van der Waals surface area contributed by atoms with Crippen molar-refractivity contribution in [3.05, 3.63) is 0 Å². The van der Waals surface area contributed by atoms with Gasteiger partial charge in [0, 0.05) is 12.6 Å². The van der Waals surface area contributed by atoms with Gasteiger partial charge in [0.2, 0.25) is 0 Å². The molecule has 0 aliphatic heterocycles. The largest absolute Gasteiger partial charge is 0.378 e. The summed E-state index contributed by atoms with van der Waals surface area (Å²) < 4.78 is 6.03. The highest BCUT2D eigenvalue weighted by atomic mass is 16.5. The van der Waals surface area contributed by atoms with E-state index in [1.807, 2.05) is 6.92 Å². The maximum atomic E-state index is 9.30. The van der Waals surface area contributed by atoms with Crippen LogP contribution in [0.3, 0.4) is 0 Å². The second kappa shape index (κ2) is 8.00. The molecule has 1 rings (SSSR count). The lowest BCUT2D eigenvalue weighted by Gasteiger charge is -2.32. The molecule has 0 amide bonds. The van der Waals surface area contributed by atoms with E-state index < -0.39 is 5.54 Å². The molecule has 0 radical (unpaired) electrons. The fourth-order valence-corrected chi connectivity index (χ4v) is 3.48. The lowest BCUT2D eigenvalue weighted by atomic mass is 9.82. The second-order valence-electron chi connectivity index (χ2n) is 7.26. The average molecular weight is 280 g/mol. The van der Waals surface area contributed by atoms with Gasteiger partial charge in [-0.1, -0.05) is 13.8 Å². The Morgan fingerprint density at radius 1 is 1.25 bits per heavy atom. The molecule has 3 nitrogen and oxygen atoms in total. The molecule has 0 aromatic heterocycles. The monoisotopic (exact) mass is 280 g/mol. The van der Waals surface area contributed by atoms with Gasteiger partial charge >= 0.3 is 0 Å². The molecule has 0 aromatic rings. The summed E-state index contributed by atoms with van der Waals surface area (Å²) in [7, 11) is 0. The first-order valence-electron chi connectivity index (χ1n) is 8.15. The van der Waals surface area contributed by atoms with Gasteiger partial charge in [-0.15, -0.1) is 0 Å². The minimum atomic E-state index is -0.426. The van der Waals surface area contributed by atoms with E-state index in [9.17, 15) is 5.26 Å². The van der Waals surface area contributed by atoms with Crippen LogP contribution in [0.1, 0.15) is 66.7 Å². The van der Waals surface area contributed by atoms with Gasteiger partial charge in [-0.3, -0.25) is 5.32 Å². The molecule has 1 N–H and O–H groups in total. The van der Waals surface area contributed by atoms with Crippen molar-refractivity contribution in [2.75, 3.05) is 6.61 Å². The Kier molecular flexibility index (Phi) is 6.99. The summed E-state index contributed by atoms with van der Waals surface area (Å²) in [5.74, 6) is 1.58. The summed E-state index contributed by atoms with van der Waals surface area (Å²) >= 11 is 0. The Balaban J connectivity index is 2.25. The quantitative estimate of drug-likeness (QED) is 0.720. The van der Waals surface area contributed by atoms with E-state index in [2.05, 4.69) is 39.1 Å². The topological polar surface area (TPSA) is 45.0 Å². The molecule has 0 heterocycles. The van der Waals surface area contributed by atoms with Crippen LogP contribution in [0, 0.1) is 23.2 Å². The molecule has 3 unspecified atom stereocenters. The standard InChI is InChI=1S/C17H32N2O/c1-13(2)19-17(5,12-18)7-6-8-20-16-10-14(3)9-15(4)11-16/h13-16,19H,6-11H2,1-5H3. The first-order valence-corrected chi connectivity index (χ1v) is 8.15. The van der Waals surface area contributed by atoms with E-state index in [0.29, 0.717) is 12.1 Å². The van der Waals surface area contributed by atoms with E-state index in [-0.39, 0.29) is 0 Å². The molecule has 1 aliphatic rings. The van der Waals surface area contributed by atoms with Crippen molar-refractivity contribution in [1.29, 1.82) is 5.26 Å². The minimum absolute atomic E-state index is 0.334. The molecule has 3 heteroatoms. The van der Waals surface area contributed by atoms with Crippen molar-refractivity contribution in [2.24, 2.45) is 11.8 Å². The number of nitrogens with zero attached hydrogens (tertiary/aromatic N) is 1. The summed E-state index contributed by atoms with van der Waals surface area (Å²) in [5.41, 5.74) is -0.426. The number of hydrogen-bond donors (Lipinski definition) is 1. The zero-order valence-electron chi connectivity index (χ0n) is 13.9. The molecule has 1 saturated carbocycles. The molecule has 1 fully saturated rings. The normalized spacial score (nSPS) is 29.9. The van der Waals surface area contributed by atoms with Crippen molar-refractivity contribution < 1.29 is 4.74 Å². The second-order valence-corrected chi connectivity index (χ2v) is 7.26. The highest BCUT2D eigenvalue weighted by Crippen LogP contribution is 2.30. The van der Waals surface area contributed by atoms with Crippen molar-refractivity contribution >= 4 is 0 Å². The van der Waals surface area contributed by atoms with Crippen LogP contribution < -0.4 is 5.32 Å². The van der Waals surface area contributed by atoms with Gasteiger partial charge in [0.25, 0.3) is 0 Å². The van der Waals surface area contributed by atoms with Crippen LogP contribution in [-0.2, 0) is 4.74 Å². The van der Waals surface area contributed by atoms with Gasteiger partial charge in [-0.2, -0.15) is 5.26 Å². The first-order chi connectivity index (χ1) is 9.34. The smallest absolute Gasteiger partial charge is 0.104 e. The van der Waals surface area contributed by atoms with E-state index in [4.69, 9.17) is 4.74 Å².